The fourth-order valence-corrected chi connectivity index (χ4v) is 1.06. The second kappa shape index (κ2) is 5.97. The number of rotatable bonds is 6. The van der Waals surface area contributed by atoms with Crippen molar-refractivity contribution in [1.29, 1.82) is 0 Å². The van der Waals surface area contributed by atoms with E-state index in [1.165, 1.54) is 0 Å². The van der Waals surface area contributed by atoms with Crippen molar-refractivity contribution in [3.63, 3.8) is 0 Å². The van der Waals surface area contributed by atoms with Crippen molar-refractivity contribution in [2.45, 2.75) is 26.3 Å². The van der Waals surface area contributed by atoms with Crippen LogP contribution in [0.1, 0.15) is 20.3 Å². The summed E-state index contributed by atoms with van der Waals surface area (Å²) in [5.41, 5.74) is 0. The van der Waals surface area contributed by atoms with Crippen molar-refractivity contribution >= 4 is 5.97 Å². The molecule has 0 aromatic rings. The maximum absolute atomic E-state index is 10.6. The molecule has 2 N–H and O–H groups in total. The summed E-state index contributed by atoms with van der Waals surface area (Å²) < 4.78 is 0. The zero-order valence-electron chi connectivity index (χ0n) is 7.66. The summed E-state index contributed by atoms with van der Waals surface area (Å²) in [6, 6.07) is -0.457. The SMILES string of the molecule is CCN(CCCO)C(C)C(=O)O. The molecule has 0 spiro atoms. The fraction of sp³-hybridized carbons (Fsp3) is 0.875. The highest BCUT2D eigenvalue weighted by atomic mass is 16.4. The number of hydrogen-bond donors (Lipinski definition) is 2. The van der Waals surface area contributed by atoms with Gasteiger partial charge in [-0.15, -0.1) is 0 Å². The van der Waals surface area contributed by atoms with Crippen molar-refractivity contribution in [3.05, 3.63) is 0 Å². The lowest BCUT2D eigenvalue weighted by Gasteiger charge is -2.23. The van der Waals surface area contributed by atoms with Gasteiger partial charge in [-0.25, -0.2) is 0 Å². The first-order chi connectivity index (χ1) is 5.63. The normalized spacial score (nSPS) is 13.3. The van der Waals surface area contributed by atoms with Crippen LogP contribution in [0.25, 0.3) is 0 Å². The van der Waals surface area contributed by atoms with Crippen LogP contribution in [0.3, 0.4) is 0 Å². The molecule has 12 heavy (non-hydrogen) atoms. The van der Waals surface area contributed by atoms with Gasteiger partial charge in [0.1, 0.15) is 6.04 Å². The molecule has 0 aliphatic heterocycles. The Morgan fingerprint density at radius 2 is 2.17 bits per heavy atom. The first kappa shape index (κ1) is 11.4. The van der Waals surface area contributed by atoms with Crippen molar-refractivity contribution in [1.82, 2.24) is 4.90 Å². The topological polar surface area (TPSA) is 60.8 Å². The Morgan fingerprint density at radius 1 is 1.58 bits per heavy atom. The van der Waals surface area contributed by atoms with Gasteiger partial charge in [-0.3, -0.25) is 9.69 Å². The van der Waals surface area contributed by atoms with Crippen molar-refractivity contribution in [2.75, 3.05) is 19.7 Å². The van der Waals surface area contributed by atoms with Crippen LogP contribution < -0.4 is 0 Å². The molecule has 0 aromatic heterocycles. The molecular formula is C8H17NO3. The third kappa shape index (κ3) is 3.69. The first-order valence-electron chi connectivity index (χ1n) is 4.21. The molecule has 0 radical (unpaired) electrons. The molecule has 1 unspecified atom stereocenters. The minimum absolute atomic E-state index is 0.114. The standard InChI is InChI=1S/C8H17NO3/c1-3-9(5-4-6-10)7(2)8(11)12/h7,10H,3-6H2,1-2H3,(H,11,12). The third-order valence-corrected chi connectivity index (χ3v) is 1.91. The molecule has 0 rings (SSSR count). The predicted molar refractivity (Wildman–Crippen MR) is 46.0 cm³/mol. The Morgan fingerprint density at radius 3 is 2.50 bits per heavy atom. The number of carboxylic acids is 1. The molecule has 1 atom stereocenters. The number of likely N-dealkylation sites (N-methyl/N-ethyl adjacent to an activating group) is 1. The number of hydrogen-bond acceptors (Lipinski definition) is 3. The van der Waals surface area contributed by atoms with Gasteiger partial charge in [0.05, 0.1) is 0 Å². The predicted octanol–water partition coefficient (Wildman–Crippen LogP) is 0.164. The van der Waals surface area contributed by atoms with E-state index >= 15 is 0 Å². The Hall–Kier alpha value is -0.610. The van der Waals surface area contributed by atoms with Gasteiger partial charge in [-0.2, -0.15) is 0 Å². The molecule has 4 nitrogen and oxygen atoms in total. The minimum atomic E-state index is -0.810. The number of aliphatic carboxylic acids is 1. The van der Waals surface area contributed by atoms with Crippen molar-refractivity contribution < 1.29 is 15.0 Å². The van der Waals surface area contributed by atoms with Gasteiger partial charge >= 0.3 is 5.97 Å². The van der Waals surface area contributed by atoms with E-state index in [1.807, 2.05) is 11.8 Å². The molecule has 0 amide bonds. The quantitative estimate of drug-likeness (QED) is 0.604. The number of carbonyl (C=O) groups is 1. The summed E-state index contributed by atoms with van der Waals surface area (Å²) in [5.74, 6) is -0.810. The van der Waals surface area contributed by atoms with Crippen LogP contribution in [0.4, 0.5) is 0 Å². The largest absolute Gasteiger partial charge is 0.480 e. The van der Waals surface area contributed by atoms with Crippen LogP contribution >= 0.6 is 0 Å². The number of nitrogens with zero attached hydrogens (tertiary/aromatic N) is 1. The second-order valence-electron chi connectivity index (χ2n) is 2.72. The molecule has 0 saturated carbocycles. The molecule has 72 valence electrons. The summed E-state index contributed by atoms with van der Waals surface area (Å²) in [6.07, 6.45) is 0.630. The molecule has 0 fully saturated rings. The van der Waals surface area contributed by atoms with E-state index in [4.69, 9.17) is 10.2 Å². The maximum Gasteiger partial charge on any atom is 0.320 e. The lowest BCUT2D eigenvalue weighted by molar-refractivity contribution is -0.142. The smallest absolute Gasteiger partial charge is 0.320 e. The van der Waals surface area contributed by atoms with Gasteiger partial charge < -0.3 is 10.2 Å². The summed E-state index contributed by atoms with van der Waals surface area (Å²) in [6.45, 7) is 5.02. The van der Waals surface area contributed by atoms with E-state index in [2.05, 4.69) is 0 Å². The van der Waals surface area contributed by atoms with Crippen LogP contribution in [0.2, 0.25) is 0 Å². The van der Waals surface area contributed by atoms with Crippen molar-refractivity contribution in [2.24, 2.45) is 0 Å². The summed E-state index contributed by atoms with van der Waals surface area (Å²) in [4.78, 5) is 12.4. The average molecular weight is 175 g/mol. The average Bonchev–Trinajstić information content (AvgIpc) is 2.05. The zero-order chi connectivity index (χ0) is 9.56. The van der Waals surface area contributed by atoms with Crippen LogP contribution in [0, 0.1) is 0 Å². The van der Waals surface area contributed by atoms with Crippen LogP contribution in [-0.4, -0.2) is 46.8 Å². The summed E-state index contributed by atoms with van der Waals surface area (Å²) in [5, 5.41) is 17.2. The lowest BCUT2D eigenvalue weighted by Crippen LogP contribution is -2.39. The van der Waals surface area contributed by atoms with Gasteiger partial charge in [0, 0.05) is 13.2 Å². The molecule has 4 heteroatoms. The number of carboxylic acid groups (broad SMARTS) is 1. The molecular weight excluding hydrogens is 158 g/mol. The Labute approximate surface area is 72.8 Å². The van der Waals surface area contributed by atoms with Crippen LogP contribution in [0.5, 0.6) is 0 Å². The van der Waals surface area contributed by atoms with Gasteiger partial charge in [0.25, 0.3) is 0 Å². The molecule has 0 heterocycles. The Kier molecular flexibility index (Phi) is 5.66. The van der Waals surface area contributed by atoms with E-state index in [1.54, 1.807) is 6.92 Å². The fourth-order valence-electron chi connectivity index (χ4n) is 1.06. The summed E-state index contributed by atoms with van der Waals surface area (Å²) >= 11 is 0. The van der Waals surface area contributed by atoms with E-state index in [9.17, 15) is 4.79 Å². The minimum Gasteiger partial charge on any atom is -0.480 e. The van der Waals surface area contributed by atoms with Gasteiger partial charge in [0.2, 0.25) is 0 Å². The van der Waals surface area contributed by atoms with E-state index in [-0.39, 0.29) is 6.61 Å². The highest BCUT2D eigenvalue weighted by Crippen LogP contribution is 1.99. The molecule has 0 aromatic carbocycles. The monoisotopic (exact) mass is 175 g/mol. The van der Waals surface area contributed by atoms with Crippen molar-refractivity contribution in [3.8, 4) is 0 Å². The first-order valence-corrected chi connectivity index (χ1v) is 4.21. The Balaban J connectivity index is 3.87. The van der Waals surface area contributed by atoms with Gasteiger partial charge in [0.15, 0.2) is 0 Å². The third-order valence-electron chi connectivity index (χ3n) is 1.91. The maximum atomic E-state index is 10.6. The van der Waals surface area contributed by atoms with Gasteiger partial charge in [-0.05, 0) is 19.9 Å². The zero-order valence-corrected chi connectivity index (χ0v) is 7.66. The van der Waals surface area contributed by atoms with Gasteiger partial charge in [-0.1, -0.05) is 6.92 Å². The molecule has 0 aliphatic carbocycles. The lowest BCUT2D eigenvalue weighted by atomic mass is 10.2. The van der Waals surface area contributed by atoms with Crippen LogP contribution in [0.15, 0.2) is 0 Å². The Bertz CT molecular complexity index is 138. The van der Waals surface area contributed by atoms with E-state index < -0.39 is 12.0 Å². The summed E-state index contributed by atoms with van der Waals surface area (Å²) in [7, 11) is 0. The molecule has 0 bridgehead atoms. The highest BCUT2D eigenvalue weighted by molar-refractivity contribution is 5.72. The van der Waals surface area contributed by atoms with Crippen LogP contribution in [-0.2, 0) is 4.79 Å². The van der Waals surface area contributed by atoms with E-state index in [0.29, 0.717) is 19.5 Å². The second-order valence-corrected chi connectivity index (χ2v) is 2.72. The molecule has 0 saturated heterocycles. The number of aliphatic hydroxyl groups is 1. The molecule has 0 aliphatic rings. The highest BCUT2D eigenvalue weighted by Gasteiger charge is 2.17. The number of aliphatic hydroxyl groups excluding tert-OH is 1. The van der Waals surface area contributed by atoms with E-state index in [0.717, 1.165) is 0 Å².